The summed E-state index contributed by atoms with van der Waals surface area (Å²) in [5.41, 5.74) is 9.44. The second kappa shape index (κ2) is 10.7. The Hall–Kier alpha value is -3.68. The topological polar surface area (TPSA) is 80.0 Å². The second-order valence-electron chi connectivity index (χ2n) is 9.81. The van der Waals surface area contributed by atoms with Crippen molar-refractivity contribution < 1.29 is 18.3 Å². The molecule has 3 aliphatic rings. The number of nitrogens with one attached hydrogen (secondary N) is 1. The molecule has 1 amide bonds. The maximum Gasteiger partial charge on any atom is 0.287 e. The first-order valence-electron chi connectivity index (χ1n) is 12.9. The maximum atomic E-state index is 15.1. The first-order chi connectivity index (χ1) is 17.9. The molecule has 1 aliphatic carbocycles. The van der Waals surface area contributed by atoms with Crippen molar-refractivity contribution in [2.24, 2.45) is 10.7 Å². The molecule has 2 heterocycles. The van der Waals surface area contributed by atoms with Crippen molar-refractivity contribution in [2.75, 3.05) is 18.0 Å². The minimum atomic E-state index is -0.820. The molecule has 1 atom stereocenters. The van der Waals surface area contributed by atoms with E-state index in [0.717, 1.165) is 36.9 Å². The number of carbonyl (C=O) groups excluding carboxylic acids is 1. The van der Waals surface area contributed by atoms with Crippen LogP contribution in [0.2, 0.25) is 0 Å². The number of amides is 1. The fourth-order valence-electron chi connectivity index (χ4n) is 5.07. The highest BCUT2D eigenvalue weighted by atomic mass is 19.1. The number of carbonyl (C=O) groups is 1. The highest BCUT2D eigenvalue weighted by Gasteiger charge is 2.34. The number of ether oxygens (including phenoxy) is 1. The van der Waals surface area contributed by atoms with Gasteiger partial charge in [0.1, 0.15) is 17.4 Å². The molecule has 1 unspecified atom stereocenters. The summed E-state index contributed by atoms with van der Waals surface area (Å²) >= 11 is 0. The van der Waals surface area contributed by atoms with Crippen LogP contribution in [0.4, 0.5) is 14.5 Å². The molecule has 6 nitrogen and oxygen atoms in total. The number of halogens is 2. The molecular formula is C29H32F2N4O2. The zero-order chi connectivity index (χ0) is 25.9. The third-order valence-corrected chi connectivity index (χ3v) is 7.27. The number of amidine groups is 1. The first kappa shape index (κ1) is 25.0. The maximum absolute atomic E-state index is 15.1. The van der Waals surface area contributed by atoms with E-state index in [-0.39, 0.29) is 23.5 Å². The highest BCUT2D eigenvalue weighted by molar-refractivity contribution is 5.86. The largest absolute Gasteiger partial charge is 0.426 e. The molecule has 0 radical (unpaired) electrons. The fourth-order valence-corrected chi connectivity index (χ4v) is 5.07. The second-order valence-corrected chi connectivity index (χ2v) is 9.81. The van der Waals surface area contributed by atoms with Gasteiger partial charge in [-0.1, -0.05) is 42.8 Å². The lowest BCUT2D eigenvalue weighted by molar-refractivity contribution is -0.123. The van der Waals surface area contributed by atoms with Crippen molar-refractivity contribution in [3.8, 4) is 0 Å². The summed E-state index contributed by atoms with van der Waals surface area (Å²) in [7, 11) is 0. The Morgan fingerprint density at radius 2 is 1.86 bits per heavy atom. The molecule has 8 heteroatoms. The fraction of sp³-hybridized carbons (Fsp3) is 0.379. The third kappa shape index (κ3) is 5.38. The van der Waals surface area contributed by atoms with E-state index >= 15 is 8.78 Å². The molecule has 0 aromatic heterocycles. The average molecular weight is 507 g/mol. The Morgan fingerprint density at radius 1 is 1.16 bits per heavy atom. The molecule has 0 spiro atoms. The van der Waals surface area contributed by atoms with Crippen LogP contribution < -0.4 is 16.0 Å². The minimum absolute atomic E-state index is 0.0560. The van der Waals surface area contributed by atoms with Gasteiger partial charge < -0.3 is 20.7 Å². The minimum Gasteiger partial charge on any atom is -0.426 e. The molecule has 2 aromatic rings. The molecule has 2 aromatic carbocycles. The van der Waals surface area contributed by atoms with Gasteiger partial charge in [0.2, 0.25) is 5.91 Å². The lowest BCUT2D eigenvalue weighted by Gasteiger charge is -2.39. The SMILES string of the molecule is CC/C=C(/OC(N)=NC1CN(c2cc(F)c(C3CCC(=C4CCC4)NC3=O)c(F)c2)C1)c1ccccc1. The lowest BCUT2D eigenvalue weighted by atomic mass is 9.83. The van der Waals surface area contributed by atoms with Crippen molar-refractivity contribution in [3.05, 3.63) is 82.6 Å². The van der Waals surface area contributed by atoms with Gasteiger partial charge >= 0.3 is 0 Å². The number of hydrogen-bond donors (Lipinski definition) is 2. The Balaban J connectivity index is 1.21. The van der Waals surface area contributed by atoms with Crippen LogP contribution >= 0.6 is 0 Å². The molecule has 2 saturated heterocycles. The summed E-state index contributed by atoms with van der Waals surface area (Å²) in [6, 6.07) is 12.2. The number of anilines is 1. The van der Waals surface area contributed by atoms with Crippen LogP contribution in [0, 0.1) is 11.6 Å². The van der Waals surface area contributed by atoms with Crippen LogP contribution in [0.3, 0.4) is 0 Å². The molecule has 5 rings (SSSR count). The molecule has 37 heavy (non-hydrogen) atoms. The molecule has 3 N–H and O–H groups in total. The Kier molecular flexibility index (Phi) is 7.26. The van der Waals surface area contributed by atoms with E-state index in [1.54, 1.807) is 0 Å². The Morgan fingerprint density at radius 3 is 2.46 bits per heavy atom. The van der Waals surface area contributed by atoms with Crippen molar-refractivity contribution in [1.29, 1.82) is 0 Å². The first-order valence-corrected chi connectivity index (χ1v) is 12.9. The predicted octanol–water partition coefficient (Wildman–Crippen LogP) is 5.37. The van der Waals surface area contributed by atoms with E-state index in [1.807, 2.05) is 48.2 Å². The van der Waals surface area contributed by atoms with Gasteiger partial charge in [-0.05, 0) is 56.7 Å². The van der Waals surface area contributed by atoms with E-state index < -0.39 is 17.6 Å². The standard InChI is InChI=1S/C29H32F2N4O2/c1-2-7-26(19-8-4-3-5-9-19)37-29(32)33-20-16-35(17-20)21-14-23(30)27(24(31)15-21)22-12-13-25(34-28(22)36)18-10-6-11-18/h3-5,7-9,14-15,20,22H,2,6,10-13,16-17H2,1H3,(H2,32,33)(H,34,36)/b26-7+. The zero-order valence-corrected chi connectivity index (χ0v) is 21.0. The van der Waals surface area contributed by atoms with Crippen LogP contribution in [0.25, 0.3) is 5.76 Å². The van der Waals surface area contributed by atoms with Gasteiger partial charge in [0.05, 0.1) is 12.0 Å². The number of allylic oxidation sites excluding steroid dienone is 3. The van der Waals surface area contributed by atoms with Crippen molar-refractivity contribution in [3.63, 3.8) is 0 Å². The summed E-state index contributed by atoms with van der Waals surface area (Å²) in [4.78, 5) is 18.9. The van der Waals surface area contributed by atoms with Gasteiger partial charge in [0.25, 0.3) is 6.02 Å². The number of nitrogens with two attached hydrogens (primary N) is 1. The van der Waals surface area contributed by atoms with Crippen LogP contribution in [0.15, 0.2) is 64.8 Å². The smallest absolute Gasteiger partial charge is 0.287 e. The summed E-state index contributed by atoms with van der Waals surface area (Å²) in [5, 5.41) is 2.89. The van der Waals surface area contributed by atoms with Gasteiger partial charge in [-0.25, -0.2) is 13.8 Å². The van der Waals surface area contributed by atoms with Crippen molar-refractivity contribution in [1.82, 2.24) is 5.32 Å². The predicted molar refractivity (Wildman–Crippen MR) is 141 cm³/mol. The summed E-state index contributed by atoms with van der Waals surface area (Å²) in [6.45, 7) is 2.93. The van der Waals surface area contributed by atoms with Crippen LogP contribution in [0.1, 0.15) is 62.5 Å². The Bertz CT molecular complexity index is 1240. The van der Waals surface area contributed by atoms with Crippen LogP contribution in [-0.2, 0) is 9.53 Å². The molecule has 194 valence electrons. The molecular weight excluding hydrogens is 474 g/mol. The van der Waals surface area contributed by atoms with Gasteiger partial charge in [0.15, 0.2) is 0 Å². The van der Waals surface area contributed by atoms with E-state index in [4.69, 9.17) is 10.5 Å². The van der Waals surface area contributed by atoms with Gasteiger partial charge in [0, 0.05) is 35.6 Å². The number of aliphatic imine (C=N–C) groups is 1. The van der Waals surface area contributed by atoms with Gasteiger partial charge in [-0.2, -0.15) is 0 Å². The summed E-state index contributed by atoms with van der Waals surface area (Å²) < 4.78 is 35.9. The molecule has 3 fully saturated rings. The number of nitrogens with zero attached hydrogens (tertiary/aromatic N) is 2. The number of piperidine rings is 1. The summed E-state index contributed by atoms with van der Waals surface area (Å²) in [5.74, 6) is -1.89. The van der Waals surface area contributed by atoms with Crippen LogP contribution in [-0.4, -0.2) is 31.1 Å². The van der Waals surface area contributed by atoms with Gasteiger partial charge in [-0.15, -0.1) is 0 Å². The summed E-state index contributed by atoms with van der Waals surface area (Å²) in [6.07, 6.45) is 6.91. The quantitative estimate of drug-likeness (QED) is 0.314. The number of rotatable bonds is 6. The van der Waals surface area contributed by atoms with E-state index in [0.29, 0.717) is 37.4 Å². The zero-order valence-electron chi connectivity index (χ0n) is 21.0. The van der Waals surface area contributed by atoms with E-state index in [9.17, 15) is 4.79 Å². The molecule has 1 saturated carbocycles. The van der Waals surface area contributed by atoms with Gasteiger partial charge in [-0.3, -0.25) is 4.79 Å². The third-order valence-electron chi connectivity index (χ3n) is 7.27. The molecule has 2 aliphatic heterocycles. The van der Waals surface area contributed by atoms with Crippen molar-refractivity contribution >= 4 is 23.4 Å². The highest BCUT2D eigenvalue weighted by Crippen LogP contribution is 2.38. The van der Waals surface area contributed by atoms with E-state index in [1.165, 1.54) is 17.7 Å². The Labute approximate surface area is 215 Å². The molecule has 0 bridgehead atoms. The van der Waals surface area contributed by atoms with Crippen LogP contribution in [0.5, 0.6) is 0 Å². The van der Waals surface area contributed by atoms with E-state index in [2.05, 4.69) is 10.3 Å². The normalized spacial score (nSPS) is 20.9. The average Bonchev–Trinajstić information content (AvgIpc) is 2.81. The number of benzene rings is 2. The number of hydrogen-bond acceptors (Lipinski definition) is 4. The lowest BCUT2D eigenvalue weighted by Crippen LogP contribution is -2.51. The van der Waals surface area contributed by atoms with Crippen molar-refractivity contribution in [2.45, 2.75) is 57.4 Å². The monoisotopic (exact) mass is 506 g/mol.